The van der Waals surface area contributed by atoms with E-state index in [0.717, 1.165) is 11.4 Å². The molecule has 0 radical (unpaired) electrons. The third kappa shape index (κ3) is 1.38. The summed E-state index contributed by atoms with van der Waals surface area (Å²) in [5.74, 6) is 0. The summed E-state index contributed by atoms with van der Waals surface area (Å²) >= 11 is 0. The van der Waals surface area contributed by atoms with Crippen molar-refractivity contribution in [3.63, 3.8) is 0 Å². The number of nitrogens with zero attached hydrogens (tertiary/aromatic N) is 3. The lowest BCUT2D eigenvalue weighted by Crippen LogP contribution is -2.25. The highest BCUT2D eigenvalue weighted by atomic mass is 16.4. The quantitative estimate of drug-likeness (QED) is 0.305. The maximum absolute atomic E-state index is 8.43. The molecule has 1 aliphatic heterocycles. The second-order valence-electron chi connectivity index (χ2n) is 2.68. The van der Waals surface area contributed by atoms with E-state index in [1.54, 1.807) is 6.21 Å². The van der Waals surface area contributed by atoms with Crippen LogP contribution in [-0.2, 0) is 0 Å². The van der Waals surface area contributed by atoms with Crippen LogP contribution in [-0.4, -0.2) is 24.3 Å². The van der Waals surface area contributed by atoms with E-state index in [2.05, 4.69) is 10.1 Å². The Balaban J connectivity index is 2.43. The van der Waals surface area contributed by atoms with Crippen LogP contribution in [0.4, 0.5) is 11.4 Å². The van der Waals surface area contributed by atoms with Gasteiger partial charge in [0.1, 0.15) is 6.34 Å². The lowest BCUT2D eigenvalue weighted by Gasteiger charge is -2.21. The minimum atomic E-state index is 0.640. The normalized spacial score (nSPS) is 14.9. The number of hydrogen-bond donors (Lipinski definition) is 1. The second kappa shape index (κ2) is 3.26. The van der Waals surface area contributed by atoms with E-state index in [1.165, 1.54) is 6.34 Å². The van der Waals surface area contributed by atoms with Gasteiger partial charge in [-0.25, -0.2) is 0 Å². The number of fused-ring (bicyclic) bond motifs is 1. The molecule has 4 heteroatoms. The molecule has 1 aromatic rings. The number of para-hydroxylation sites is 2. The lowest BCUT2D eigenvalue weighted by atomic mass is 10.2. The molecule has 0 spiro atoms. The summed E-state index contributed by atoms with van der Waals surface area (Å²) in [7, 11) is 0. The Morgan fingerprint density at radius 1 is 1.46 bits per heavy atom. The van der Waals surface area contributed by atoms with Gasteiger partial charge in [0.05, 0.1) is 17.9 Å². The maximum Gasteiger partial charge on any atom is 0.135 e. The van der Waals surface area contributed by atoms with Crippen molar-refractivity contribution in [3.8, 4) is 0 Å². The maximum atomic E-state index is 8.43. The zero-order valence-corrected chi connectivity index (χ0v) is 6.96. The van der Waals surface area contributed by atoms with Crippen molar-refractivity contribution in [2.75, 3.05) is 11.4 Å². The standard InChI is InChI=1S/C9H9N3O/c13-11-7-12-6-5-10-8-3-1-2-4-9(8)12/h1-5,7,13H,6H2. The molecule has 4 nitrogen and oxygen atoms in total. The van der Waals surface area contributed by atoms with E-state index in [1.807, 2.05) is 29.2 Å². The highest BCUT2D eigenvalue weighted by Crippen LogP contribution is 2.29. The van der Waals surface area contributed by atoms with Crippen molar-refractivity contribution in [2.24, 2.45) is 10.1 Å². The van der Waals surface area contributed by atoms with Crippen molar-refractivity contribution < 1.29 is 5.21 Å². The fourth-order valence-corrected chi connectivity index (χ4v) is 1.31. The summed E-state index contributed by atoms with van der Waals surface area (Å²) in [5.41, 5.74) is 1.86. The minimum Gasteiger partial charge on any atom is -0.410 e. The summed E-state index contributed by atoms with van der Waals surface area (Å²) in [6, 6.07) is 7.71. The third-order valence-electron chi connectivity index (χ3n) is 1.89. The van der Waals surface area contributed by atoms with E-state index in [4.69, 9.17) is 5.21 Å². The molecule has 0 atom stereocenters. The summed E-state index contributed by atoms with van der Waals surface area (Å²) < 4.78 is 0. The average Bonchev–Trinajstić information content (AvgIpc) is 2.19. The first-order chi connectivity index (χ1) is 6.42. The van der Waals surface area contributed by atoms with Crippen molar-refractivity contribution in [2.45, 2.75) is 0 Å². The number of benzene rings is 1. The van der Waals surface area contributed by atoms with Crippen molar-refractivity contribution in [3.05, 3.63) is 24.3 Å². The molecule has 1 heterocycles. The molecule has 66 valence electrons. The van der Waals surface area contributed by atoms with Crippen molar-refractivity contribution >= 4 is 23.9 Å². The summed E-state index contributed by atoms with van der Waals surface area (Å²) in [4.78, 5) is 6.04. The van der Waals surface area contributed by atoms with Gasteiger partial charge in [0.2, 0.25) is 0 Å². The van der Waals surface area contributed by atoms with Crippen LogP contribution < -0.4 is 4.90 Å². The average molecular weight is 175 g/mol. The van der Waals surface area contributed by atoms with Gasteiger partial charge in [0.15, 0.2) is 0 Å². The van der Waals surface area contributed by atoms with Crippen LogP contribution in [0.3, 0.4) is 0 Å². The SMILES string of the molecule is ON=CN1CC=Nc2ccccc21. The Morgan fingerprint density at radius 2 is 2.31 bits per heavy atom. The van der Waals surface area contributed by atoms with E-state index in [-0.39, 0.29) is 0 Å². The number of aliphatic imine (C=N–C) groups is 1. The largest absolute Gasteiger partial charge is 0.410 e. The Bertz CT molecular complexity index is 360. The predicted molar refractivity (Wildman–Crippen MR) is 52.2 cm³/mol. The number of oxime groups is 1. The van der Waals surface area contributed by atoms with E-state index < -0.39 is 0 Å². The molecular weight excluding hydrogens is 166 g/mol. The summed E-state index contributed by atoms with van der Waals surface area (Å²) in [6.45, 7) is 0.640. The van der Waals surface area contributed by atoms with Crippen LogP contribution in [0.15, 0.2) is 34.4 Å². The summed E-state index contributed by atoms with van der Waals surface area (Å²) in [6.07, 6.45) is 3.16. The van der Waals surface area contributed by atoms with Gasteiger partial charge in [-0.15, -0.1) is 0 Å². The molecule has 0 bridgehead atoms. The molecular formula is C9H9N3O. The van der Waals surface area contributed by atoms with Crippen LogP contribution >= 0.6 is 0 Å². The van der Waals surface area contributed by atoms with Gasteiger partial charge in [0.25, 0.3) is 0 Å². The zero-order chi connectivity index (χ0) is 9.10. The Morgan fingerprint density at radius 3 is 3.15 bits per heavy atom. The molecule has 0 unspecified atom stereocenters. The van der Waals surface area contributed by atoms with Gasteiger partial charge in [-0.2, -0.15) is 0 Å². The van der Waals surface area contributed by atoms with Crippen LogP contribution in [0.5, 0.6) is 0 Å². The fourth-order valence-electron chi connectivity index (χ4n) is 1.31. The number of anilines is 1. The van der Waals surface area contributed by atoms with Crippen molar-refractivity contribution in [1.29, 1.82) is 0 Å². The minimum absolute atomic E-state index is 0.640. The molecule has 0 fully saturated rings. The third-order valence-corrected chi connectivity index (χ3v) is 1.89. The molecule has 1 N–H and O–H groups in total. The molecule has 0 saturated heterocycles. The number of rotatable bonds is 1. The Kier molecular flexibility index (Phi) is 1.96. The second-order valence-corrected chi connectivity index (χ2v) is 2.68. The topological polar surface area (TPSA) is 48.2 Å². The van der Waals surface area contributed by atoms with Crippen LogP contribution in [0.25, 0.3) is 0 Å². The van der Waals surface area contributed by atoms with Crippen LogP contribution in [0.2, 0.25) is 0 Å². The molecule has 0 amide bonds. The van der Waals surface area contributed by atoms with Gasteiger partial charge < -0.3 is 10.1 Å². The highest BCUT2D eigenvalue weighted by Gasteiger charge is 2.10. The molecule has 1 aliphatic rings. The Labute approximate surface area is 75.8 Å². The monoisotopic (exact) mass is 175 g/mol. The van der Waals surface area contributed by atoms with Gasteiger partial charge in [-0.3, -0.25) is 4.99 Å². The fraction of sp³-hybridized carbons (Fsp3) is 0.111. The molecule has 0 aliphatic carbocycles. The molecule has 1 aromatic carbocycles. The molecule has 2 rings (SSSR count). The van der Waals surface area contributed by atoms with Gasteiger partial charge in [0, 0.05) is 6.21 Å². The molecule has 0 saturated carbocycles. The van der Waals surface area contributed by atoms with Gasteiger partial charge in [-0.1, -0.05) is 17.3 Å². The Hall–Kier alpha value is -1.84. The first-order valence-corrected chi connectivity index (χ1v) is 3.97. The van der Waals surface area contributed by atoms with E-state index in [9.17, 15) is 0 Å². The lowest BCUT2D eigenvalue weighted by molar-refractivity contribution is 0.320. The zero-order valence-electron chi connectivity index (χ0n) is 6.96. The number of hydrogen-bond acceptors (Lipinski definition) is 3. The van der Waals surface area contributed by atoms with E-state index in [0.29, 0.717) is 6.54 Å². The van der Waals surface area contributed by atoms with E-state index >= 15 is 0 Å². The van der Waals surface area contributed by atoms with Crippen molar-refractivity contribution in [1.82, 2.24) is 0 Å². The first-order valence-electron chi connectivity index (χ1n) is 3.97. The molecule has 13 heavy (non-hydrogen) atoms. The molecule has 0 aromatic heterocycles. The summed E-state index contributed by atoms with van der Waals surface area (Å²) in [5, 5.41) is 11.4. The predicted octanol–water partition coefficient (Wildman–Crippen LogP) is 1.63. The first kappa shape index (κ1) is 7.79. The smallest absolute Gasteiger partial charge is 0.135 e. The van der Waals surface area contributed by atoms with Gasteiger partial charge in [-0.05, 0) is 12.1 Å². The highest BCUT2D eigenvalue weighted by molar-refractivity contribution is 5.93. The van der Waals surface area contributed by atoms with Crippen LogP contribution in [0, 0.1) is 0 Å². The van der Waals surface area contributed by atoms with Gasteiger partial charge >= 0.3 is 0 Å². The van der Waals surface area contributed by atoms with Crippen LogP contribution in [0.1, 0.15) is 0 Å².